The number of pyridine rings is 1. The van der Waals surface area contributed by atoms with Crippen LogP contribution in [-0.4, -0.2) is 16.1 Å². The molecule has 0 spiro atoms. The predicted octanol–water partition coefficient (Wildman–Crippen LogP) is 2.01. The van der Waals surface area contributed by atoms with E-state index in [1.165, 1.54) is 18.3 Å². The minimum absolute atomic E-state index is 0.295. The van der Waals surface area contributed by atoms with Crippen LogP contribution in [-0.2, 0) is 0 Å². The molecule has 1 aromatic carbocycles. The fourth-order valence-corrected chi connectivity index (χ4v) is 1.53. The first-order valence-corrected chi connectivity index (χ1v) is 4.88. The summed E-state index contributed by atoms with van der Waals surface area (Å²) >= 11 is 0. The molecule has 0 atom stereocenters. The van der Waals surface area contributed by atoms with Gasteiger partial charge in [0.15, 0.2) is 0 Å². The second kappa shape index (κ2) is 4.71. The average Bonchev–Trinajstić information content (AvgIpc) is 2.39. The summed E-state index contributed by atoms with van der Waals surface area (Å²) < 4.78 is 12.7. The molecule has 0 saturated carbocycles. The van der Waals surface area contributed by atoms with Crippen molar-refractivity contribution in [1.29, 1.82) is 0 Å². The molecular weight excluding hydrogens is 223 g/mol. The lowest BCUT2D eigenvalue weighted by atomic mass is 10.0. The molecule has 2 aromatic rings. The van der Waals surface area contributed by atoms with Gasteiger partial charge in [-0.1, -0.05) is 18.2 Å². The van der Waals surface area contributed by atoms with Crippen LogP contribution < -0.4 is 5.48 Å². The maximum Gasteiger partial charge on any atom is 0.275 e. The Morgan fingerprint density at radius 3 is 2.65 bits per heavy atom. The minimum Gasteiger partial charge on any atom is -0.288 e. The number of carbonyl (C=O) groups is 1. The van der Waals surface area contributed by atoms with Crippen molar-refractivity contribution in [3.63, 3.8) is 0 Å². The summed E-state index contributed by atoms with van der Waals surface area (Å²) in [4.78, 5) is 14.9. The zero-order valence-electron chi connectivity index (χ0n) is 8.72. The zero-order chi connectivity index (χ0) is 12.3. The van der Waals surface area contributed by atoms with E-state index in [1.807, 2.05) is 0 Å². The van der Waals surface area contributed by atoms with Gasteiger partial charge < -0.3 is 0 Å². The van der Waals surface area contributed by atoms with E-state index in [0.29, 0.717) is 16.7 Å². The van der Waals surface area contributed by atoms with E-state index in [0.717, 1.165) is 0 Å². The number of aromatic nitrogens is 1. The van der Waals surface area contributed by atoms with Crippen molar-refractivity contribution in [3.05, 3.63) is 54.1 Å². The number of hydrogen-bond donors (Lipinski definition) is 2. The first kappa shape index (κ1) is 11.2. The van der Waals surface area contributed by atoms with Crippen molar-refractivity contribution in [2.75, 3.05) is 0 Å². The largest absolute Gasteiger partial charge is 0.288 e. The molecule has 2 N–H and O–H groups in total. The Morgan fingerprint density at radius 2 is 2.00 bits per heavy atom. The summed E-state index contributed by atoms with van der Waals surface area (Å²) in [6.45, 7) is 0. The van der Waals surface area contributed by atoms with Gasteiger partial charge in [0.25, 0.3) is 5.91 Å². The van der Waals surface area contributed by atoms with Crippen molar-refractivity contribution in [2.24, 2.45) is 0 Å². The highest BCUT2D eigenvalue weighted by atomic mass is 19.1. The van der Waals surface area contributed by atoms with Gasteiger partial charge in [0.05, 0.1) is 0 Å². The Bertz CT molecular complexity index is 540. The van der Waals surface area contributed by atoms with Gasteiger partial charge in [-0.25, -0.2) is 10.5 Å². The molecule has 0 unspecified atom stereocenters. The van der Waals surface area contributed by atoms with Gasteiger partial charge in [0.1, 0.15) is 0 Å². The van der Waals surface area contributed by atoms with Crippen LogP contribution in [0.5, 0.6) is 0 Å². The first-order valence-electron chi connectivity index (χ1n) is 4.88. The molecule has 4 nitrogen and oxygen atoms in total. The molecule has 1 amide bonds. The van der Waals surface area contributed by atoms with Crippen molar-refractivity contribution < 1.29 is 14.4 Å². The molecule has 5 heteroatoms. The molecular formula is C12H9FN2O2. The van der Waals surface area contributed by atoms with Crippen molar-refractivity contribution in [1.82, 2.24) is 10.5 Å². The summed E-state index contributed by atoms with van der Waals surface area (Å²) in [7, 11) is 0. The molecule has 0 fully saturated rings. The smallest absolute Gasteiger partial charge is 0.275 e. The van der Waals surface area contributed by atoms with E-state index in [9.17, 15) is 9.18 Å². The summed E-state index contributed by atoms with van der Waals surface area (Å²) in [5.74, 6) is -1.21. The monoisotopic (exact) mass is 232 g/mol. The fourth-order valence-electron chi connectivity index (χ4n) is 1.53. The van der Waals surface area contributed by atoms with Crippen LogP contribution in [0, 0.1) is 5.95 Å². The van der Waals surface area contributed by atoms with Crippen LogP contribution >= 0.6 is 0 Å². The lowest BCUT2D eigenvalue weighted by molar-refractivity contribution is 0.0707. The maximum absolute atomic E-state index is 12.7. The molecule has 17 heavy (non-hydrogen) atoms. The van der Waals surface area contributed by atoms with Gasteiger partial charge in [-0.2, -0.15) is 4.39 Å². The second-order valence-corrected chi connectivity index (χ2v) is 3.36. The summed E-state index contributed by atoms with van der Waals surface area (Å²) in [6, 6.07) is 9.40. The van der Waals surface area contributed by atoms with E-state index in [-0.39, 0.29) is 0 Å². The van der Waals surface area contributed by atoms with Crippen LogP contribution in [0.1, 0.15) is 10.4 Å². The molecule has 0 aliphatic carbocycles. The third kappa shape index (κ3) is 2.29. The van der Waals surface area contributed by atoms with Crippen molar-refractivity contribution >= 4 is 5.91 Å². The molecule has 0 bridgehead atoms. The molecule has 86 valence electrons. The van der Waals surface area contributed by atoms with E-state index in [2.05, 4.69) is 4.98 Å². The van der Waals surface area contributed by atoms with E-state index < -0.39 is 11.9 Å². The number of amides is 1. The zero-order valence-corrected chi connectivity index (χ0v) is 8.72. The molecule has 1 heterocycles. The van der Waals surface area contributed by atoms with Gasteiger partial charge in [-0.15, -0.1) is 0 Å². The van der Waals surface area contributed by atoms with Crippen molar-refractivity contribution in [3.8, 4) is 11.1 Å². The number of nitrogens with one attached hydrogen (secondary N) is 1. The highest BCUT2D eigenvalue weighted by Crippen LogP contribution is 2.22. The normalized spacial score (nSPS) is 10.0. The van der Waals surface area contributed by atoms with Gasteiger partial charge in [0, 0.05) is 17.3 Å². The Kier molecular flexibility index (Phi) is 3.11. The number of nitrogens with zero attached hydrogens (tertiary/aromatic N) is 1. The highest BCUT2D eigenvalue weighted by Gasteiger charge is 2.11. The van der Waals surface area contributed by atoms with Crippen LogP contribution in [0.3, 0.4) is 0 Å². The van der Waals surface area contributed by atoms with Crippen LogP contribution in [0.25, 0.3) is 11.1 Å². The Morgan fingerprint density at radius 1 is 1.24 bits per heavy atom. The van der Waals surface area contributed by atoms with Crippen molar-refractivity contribution in [2.45, 2.75) is 0 Å². The Balaban J connectivity index is 2.51. The van der Waals surface area contributed by atoms with Crippen LogP contribution in [0.15, 0.2) is 42.6 Å². The van der Waals surface area contributed by atoms with Gasteiger partial charge in [0.2, 0.25) is 5.95 Å². The second-order valence-electron chi connectivity index (χ2n) is 3.36. The lowest BCUT2D eigenvalue weighted by Crippen LogP contribution is -2.19. The van der Waals surface area contributed by atoms with Crippen LogP contribution in [0.4, 0.5) is 4.39 Å². The van der Waals surface area contributed by atoms with E-state index in [4.69, 9.17) is 5.21 Å². The minimum atomic E-state index is -0.620. The number of rotatable bonds is 2. The molecule has 0 aliphatic heterocycles. The number of benzene rings is 1. The van der Waals surface area contributed by atoms with Crippen LogP contribution in [0.2, 0.25) is 0 Å². The number of hydrogen-bond acceptors (Lipinski definition) is 3. The Labute approximate surface area is 96.7 Å². The molecule has 2 rings (SSSR count). The van der Waals surface area contributed by atoms with E-state index in [1.54, 1.807) is 29.7 Å². The summed E-state index contributed by atoms with van der Waals surface area (Å²) in [5, 5.41) is 8.63. The summed E-state index contributed by atoms with van der Waals surface area (Å²) in [5.41, 5.74) is 3.04. The lowest BCUT2D eigenvalue weighted by Gasteiger charge is -2.07. The highest BCUT2D eigenvalue weighted by molar-refractivity contribution is 6.00. The third-order valence-electron chi connectivity index (χ3n) is 2.31. The topological polar surface area (TPSA) is 62.2 Å². The fraction of sp³-hybridized carbons (Fsp3) is 0. The van der Waals surface area contributed by atoms with Gasteiger partial charge in [-0.3, -0.25) is 10.0 Å². The first-order chi connectivity index (χ1) is 8.22. The molecule has 1 aromatic heterocycles. The standard InChI is InChI=1S/C12H9FN2O2/c13-11-6-5-8(7-14-11)9-3-1-2-4-10(9)12(16)15-17/h1-7,17H,(H,15,16). The quantitative estimate of drug-likeness (QED) is 0.473. The average molecular weight is 232 g/mol. The number of carbonyl (C=O) groups excluding carboxylic acids is 1. The van der Waals surface area contributed by atoms with Gasteiger partial charge in [-0.05, 0) is 23.8 Å². The summed E-state index contributed by atoms with van der Waals surface area (Å²) in [6.07, 6.45) is 1.33. The number of hydroxylamine groups is 1. The number of halogens is 1. The molecule has 0 radical (unpaired) electrons. The molecule has 0 saturated heterocycles. The predicted molar refractivity (Wildman–Crippen MR) is 58.9 cm³/mol. The third-order valence-corrected chi connectivity index (χ3v) is 2.31. The molecule has 0 aliphatic rings. The maximum atomic E-state index is 12.7. The SMILES string of the molecule is O=C(NO)c1ccccc1-c1ccc(F)nc1. The van der Waals surface area contributed by atoms with E-state index >= 15 is 0 Å². The van der Waals surface area contributed by atoms with Gasteiger partial charge >= 0.3 is 0 Å². The Hall–Kier alpha value is -2.27.